The topological polar surface area (TPSA) is 90.3 Å². The SMILES string of the molecule is CCOCCn1c(NC2CCN(CCC3(c4ccccc4)CCN(C(=O)c4cc(SOOC)ccc4OC)C3)CC2)nc2ccccc21. The second-order valence-corrected chi connectivity index (χ2v) is 13.4. The second-order valence-electron chi connectivity index (χ2n) is 12.6. The number of carbonyl (C=O) groups is 1. The van der Waals surface area contributed by atoms with Crippen molar-refractivity contribution in [2.75, 3.05) is 65.5 Å². The third-order valence-corrected chi connectivity index (χ3v) is 10.4. The Balaban J connectivity index is 1.10. The lowest BCUT2D eigenvalue weighted by Crippen LogP contribution is -2.42. The molecule has 0 aliphatic carbocycles. The molecule has 3 heterocycles. The molecule has 1 aromatic heterocycles. The maximum absolute atomic E-state index is 14.0. The number of benzene rings is 3. The molecule has 0 radical (unpaired) electrons. The standard InChI is InChI=1S/C37H47N5O5S/c1-4-46-25-24-42-33-13-9-8-12-32(33)39-36(42)38-29-16-20-40(21-17-29)22-18-37(28-10-6-5-7-11-28)19-23-41(27-37)35(43)31-26-30(48-47-45-3)14-15-34(31)44-2/h5-15,26,29H,4,16-25,27H2,1-3H3,(H,38,39). The van der Waals surface area contributed by atoms with E-state index in [9.17, 15) is 4.79 Å². The van der Waals surface area contributed by atoms with Crippen LogP contribution < -0.4 is 10.1 Å². The lowest BCUT2D eigenvalue weighted by molar-refractivity contribution is -0.160. The van der Waals surface area contributed by atoms with Crippen LogP contribution in [0.5, 0.6) is 5.75 Å². The van der Waals surface area contributed by atoms with Crippen molar-refractivity contribution in [2.45, 2.75) is 55.5 Å². The number of carbonyl (C=O) groups excluding carboxylic acids is 1. The highest BCUT2D eigenvalue weighted by Gasteiger charge is 2.42. The van der Waals surface area contributed by atoms with Crippen LogP contribution in [0.25, 0.3) is 11.0 Å². The number of methoxy groups -OCH3 is 1. The molecule has 4 aromatic rings. The number of amides is 1. The van der Waals surface area contributed by atoms with Gasteiger partial charge in [0.15, 0.2) is 0 Å². The van der Waals surface area contributed by atoms with Gasteiger partial charge in [-0.25, -0.2) is 9.87 Å². The minimum atomic E-state index is -0.115. The van der Waals surface area contributed by atoms with Crippen molar-refractivity contribution in [1.29, 1.82) is 0 Å². The maximum Gasteiger partial charge on any atom is 0.257 e. The molecule has 0 saturated carbocycles. The van der Waals surface area contributed by atoms with Gasteiger partial charge in [0.1, 0.15) is 5.75 Å². The number of rotatable bonds is 15. The van der Waals surface area contributed by atoms with Crippen molar-refractivity contribution in [3.05, 3.63) is 83.9 Å². The van der Waals surface area contributed by atoms with E-state index < -0.39 is 0 Å². The maximum atomic E-state index is 14.0. The summed E-state index contributed by atoms with van der Waals surface area (Å²) in [4.78, 5) is 29.0. The van der Waals surface area contributed by atoms with Crippen molar-refractivity contribution in [2.24, 2.45) is 0 Å². The van der Waals surface area contributed by atoms with Gasteiger partial charge >= 0.3 is 0 Å². The number of likely N-dealkylation sites (tertiary alicyclic amines) is 2. The highest BCUT2D eigenvalue weighted by Crippen LogP contribution is 2.40. The summed E-state index contributed by atoms with van der Waals surface area (Å²) in [7, 11) is 3.05. The second kappa shape index (κ2) is 16.2. The number of anilines is 1. The van der Waals surface area contributed by atoms with Crippen molar-refractivity contribution in [1.82, 2.24) is 19.4 Å². The zero-order valence-corrected chi connectivity index (χ0v) is 29.0. The number of piperidine rings is 1. The summed E-state index contributed by atoms with van der Waals surface area (Å²) in [6.45, 7) is 8.57. The van der Waals surface area contributed by atoms with Crippen LogP contribution in [-0.2, 0) is 25.9 Å². The summed E-state index contributed by atoms with van der Waals surface area (Å²) < 4.78 is 18.6. The van der Waals surface area contributed by atoms with E-state index in [2.05, 4.69) is 63.3 Å². The van der Waals surface area contributed by atoms with Crippen LogP contribution in [0, 0.1) is 0 Å². The van der Waals surface area contributed by atoms with Crippen LogP contribution in [0.1, 0.15) is 48.5 Å². The smallest absolute Gasteiger partial charge is 0.257 e. The Morgan fingerprint density at radius 2 is 1.79 bits per heavy atom. The molecule has 2 saturated heterocycles. The number of imidazole rings is 1. The highest BCUT2D eigenvalue weighted by molar-refractivity contribution is 7.94. The van der Waals surface area contributed by atoms with Crippen LogP contribution in [0.15, 0.2) is 77.7 Å². The molecular formula is C37H47N5O5S. The Kier molecular flexibility index (Phi) is 11.6. The summed E-state index contributed by atoms with van der Waals surface area (Å²) in [5.41, 5.74) is 3.86. The van der Waals surface area contributed by atoms with E-state index in [1.807, 2.05) is 36.1 Å². The lowest BCUT2D eigenvalue weighted by Gasteiger charge is -2.36. The van der Waals surface area contributed by atoms with Gasteiger partial charge in [-0.3, -0.25) is 4.79 Å². The van der Waals surface area contributed by atoms with Crippen molar-refractivity contribution in [3.63, 3.8) is 0 Å². The summed E-state index contributed by atoms with van der Waals surface area (Å²) in [6.07, 6.45) is 4.01. The van der Waals surface area contributed by atoms with Gasteiger partial charge in [0.2, 0.25) is 5.95 Å². The predicted octanol–water partition coefficient (Wildman–Crippen LogP) is 6.42. The van der Waals surface area contributed by atoms with Crippen LogP contribution >= 0.6 is 12.0 Å². The van der Waals surface area contributed by atoms with E-state index in [1.54, 1.807) is 7.11 Å². The summed E-state index contributed by atoms with van der Waals surface area (Å²) in [5, 5.41) is 3.77. The number of nitrogens with one attached hydrogen (secondary N) is 1. The fourth-order valence-electron chi connectivity index (χ4n) is 7.14. The molecule has 0 spiro atoms. The monoisotopic (exact) mass is 673 g/mol. The molecule has 1 N–H and O–H groups in total. The first kappa shape index (κ1) is 34.3. The minimum absolute atomic E-state index is 0.0244. The van der Waals surface area contributed by atoms with Gasteiger partial charge in [-0.2, -0.15) is 4.33 Å². The first-order valence-electron chi connectivity index (χ1n) is 17.0. The number of hydrogen-bond donors (Lipinski definition) is 1. The van der Waals surface area contributed by atoms with Crippen LogP contribution in [-0.4, -0.2) is 91.5 Å². The van der Waals surface area contributed by atoms with E-state index in [1.165, 1.54) is 12.7 Å². The number of nitrogens with zero attached hydrogens (tertiary/aromatic N) is 4. The number of ether oxygens (including phenoxy) is 2. The number of para-hydroxylation sites is 2. The van der Waals surface area contributed by atoms with Gasteiger partial charge in [-0.1, -0.05) is 42.5 Å². The normalized spacial score (nSPS) is 18.9. The van der Waals surface area contributed by atoms with E-state index in [4.69, 9.17) is 23.7 Å². The molecule has 48 heavy (non-hydrogen) atoms. The first-order valence-corrected chi connectivity index (χ1v) is 17.7. The summed E-state index contributed by atoms with van der Waals surface area (Å²) in [5.74, 6) is 1.46. The van der Waals surface area contributed by atoms with Gasteiger partial charge < -0.3 is 29.2 Å². The molecule has 10 nitrogen and oxygen atoms in total. The molecule has 2 aliphatic heterocycles. The fourth-order valence-corrected chi connectivity index (χ4v) is 7.58. The molecule has 6 rings (SSSR count). The number of hydrogen-bond acceptors (Lipinski definition) is 9. The third kappa shape index (κ3) is 7.82. The van der Waals surface area contributed by atoms with E-state index in [-0.39, 0.29) is 11.3 Å². The Bertz CT molecular complexity index is 1640. The molecule has 256 valence electrons. The molecule has 1 unspecified atom stereocenters. The Morgan fingerprint density at radius 1 is 1.00 bits per heavy atom. The van der Waals surface area contributed by atoms with Crippen molar-refractivity contribution >= 4 is 34.9 Å². The van der Waals surface area contributed by atoms with Gasteiger partial charge in [0.05, 0.1) is 49.5 Å². The van der Waals surface area contributed by atoms with E-state index in [0.717, 1.165) is 85.8 Å². The molecule has 0 bridgehead atoms. The average molecular weight is 674 g/mol. The largest absolute Gasteiger partial charge is 0.496 e. The minimum Gasteiger partial charge on any atom is -0.496 e. The Hall–Kier alpha value is -3.61. The Morgan fingerprint density at radius 3 is 2.56 bits per heavy atom. The van der Waals surface area contributed by atoms with E-state index >= 15 is 0 Å². The van der Waals surface area contributed by atoms with Crippen molar-refractivity contribution < 1.29 is 23.5 Å². The summed E-state index contributed by atoms with van der Waals surface area (Å²) in [6, 6.07) is 24.9. The van der Waals surface area contributed by atoms with Crippen LogP contribution in [0.4, 0.5) is 5.95 Å². The molecule has 1 amide bonds. The average Bonchev–Trinajstić information content (AvgIpc) is 3.73. The molecular weight excluding hydrogens is 627 g/mol. The van der Waals surface area contributed by atoms with Gasteiger partial charge in [0.25, 0.3) is 5.91 Å². The predicted molar refractivity (Wildman–Crippen MR) is 190 cm³/mol. The molecule has 2 fully saturated rings. The molecule has 2 aliphatic rings. The van der Waals surface area contributed by atoms with E-state index in [0.29, 0.717) is 43.7 Å². The molecule has 3 aromatic carbocycles. The third-order valence-electron chi connectivity index (χ3n) is 9.77. The van der Waals surface area contributed by atoms with Gasteiger partial charge in [-0.15, -0.1) is 0 Å². The van der Waals surface area contributed by atoms with Gasteiger partial charge in [0, 0.05) is 55.7 Å². The van der Waals surface area contributed by atoms with Crippen molar-refractivity contribution in [3.8, 4) is 5.75 Å². The number of aromatic nitrogens is 2. The van der Waals surface area contributed by atoms with Crippen LogP contribution in [0.2, 0.25) is 0 Å². The number of fused-ring (bicyclic) bond motifs is 1. The first-order chi connectivity index (χ1) is 23.5. The quantitative estimate of drug-likeness (QED) is 0.0665. The van der Waals surface area contributed by atoms with Crippen LogP contribution in [0.3, 0.4) is 0 Å². The zero-order chi connectivity index (χ0) is 33.3. The lowest BCUT2D eigenvalue weighted by atomic mass is 9.76. The summed E-state index contributed by atoms with van der Waals surface area (Å²) >= 11 is 1.07. The fraction of sp³-hybridized carbons (Fsp3) is 0.459. The van der Waals surface area contributed by atoms with Gasteiger partial charge in [-0.05, 0) is 75.0 Å². The zero-order valence-electron chi connectivity index (χ0n) is 28.2. The Labute approximate surface area is 287 Å². The molecule has 1 atom stereocenters. The molecule has 11 heteroatoms. The highest BCUT2D eigenvalue weighted by atomic mass is 32.2.